The van der Waals surface area contributed by atoms with E-state index in [0.29, 0.717) is 39.3 Å². The van der Waals surface area contributed by atoms with Crippen molar-refractivity contribution >= 4 is 36.0 Å². The summed E-state index contributed by atoms with van der Waals surface area (Å²) in [5.74, 6) is 2.33. The van der Waals surface area contributed by atoms with Gasteiger partial charge in [0.2, 0.25) is 0 Å². The molecule has 1 heterocycles. The minimum atomic E-state index is -0.248. The first-order valence-electron chi connectivity index (χ1n) is 9.28. The molecule has 0 radical (unpaired) electrons. The summed E-state index contributed by atoms with van der Waals surface area (Å²) in [6.07, 6.45) is -0.248. The van der Waals surface area contributed by atoms with Gasteiger partial charge in [-0.05, 0) is 26.0 Å². The molecule has 8 nitrogen and oxygen atoms in total. The number of hydrogen-bond acceptors (Lipinski definition) is 5. The average molecular weight is 506 g/mol. The Hall–Kier alpha value is -1.91. The van der Waals surface area contributed by atoms with Crippen LogP contribution in [0, 0.1) is 0 Å². The van der Waals surface area contributed by atoms with E-state index < -0.39 is 0 Å². The summed E-state index contributed by atoms with van der Waals surface area (Å²) in [6, 6.07) is 5.72. The van der Waals surface area contributed by atoms with Crippen LogP contribution in [-0.4, -0.2) is 75.4 Å². The summed E-state index contributed by atoms with van der Waals surface area (Å²) in [5.41, 5.74) is 0.985. The van der Waals surface area contributed by atoms with Gasteiger partial charge in [-0.25, -0.2) is 9.79 Å². The maximum atomic E-state index is 11.8. The SMILES string of the molecule is CCNC(=NCc1ccc(OC)cc1OC)N1CCN(C(=O)OCC)CC1.I. The van der Waals surface area contributed by atoms with Crippen molar-refractivity contribution in [2.45, 2.75) is 20.4 Å². The molecule has 0 spiro atoms. The van der Waals surface area contributed by atoms with Crippen molar-refractivity contribution in [2.24, 2.45) is 4.99 Å². The number of nitrogens with zero attached hydrogens (tertiary/aromatic N) is 3. The van der Waals surface area contributed by atoms with Crippen molar-refractivity contribution in [1.29, 1.82) is 0 Å². The number of guanidine groups is 1. The van der Waals surface area contributed by atoms with Gasteiger partial charge in [-0.3, -0.25) is 0 Å². The van der Waals surface area contributed by atoms with E-state index in [2.05, 4.69) is 10.2 Å². The number of amides is 1. The second kappa shape index (κ2) is 12.5. The summed E-state index contributed by atoms with van der Waals surface area (Å²) < 4.78 is 15.8. The first kappa shape index (κ1) is 24.1. The van der Waals surface area contributed by atoms with E-state index in [1.807, 2.05) is 32.0 Å². The van der Waals surface area contributed by atoms with E-state index in [4.69, 9.17) is 19.2 Å². The molecule has 0 atom stereocenters. The van der Waals surface area contributed by atoms with Crippen molar-refractivity contribution < 1.29 is 19.0 Å². The van der Waals surface area contributed by atoms with Crippen LogP contribution in [0.2, 0.25) is 0 Å². The number of ether oxygens (including phenoxy) is 3. The van der Waals surface area contributed by atoms with Crippen LogP contribution in [0.15, 0.2) is 23.2 Å². The van der Waals surface area contributed by atoms with Gasteiger partial charge in [0, 0.05) is 44.4 Å². The highest BCUT2D eigenvalue weighted by molar-refractivity contribution is 14.0. The molecule has 0 saturated carbocycles. The molecular weight excluding hydrogens is 475 g/mol. The Balaban J connectivity index is 0.00000392. The molecule has 1 aliphatic heterocycles. The van der Waals surface area contributed by atoms with Crippen LogP contribution in [0.5, 0.6) is 11.5 Å². The predicted molar refractivity (Wildman–Crippen MR) is 120 cm³/mol. The van der Waals surface area contributed by atoms with Gasteiger partial charge in [-0.1, -0.05) is 0 Å². The van der Waals surface area contributed by atoms with E-state index in [9.17, 15) is 4.79 Å². The lowest BCUT2D eigenvalue weighted by Gasteiger charge is -2.35. The fraction of sp³-hybridized carbons (Fsp3) is 0.579. The number of carbonyl (C=O) groups excluding carboxylic acids is 1. The normalized spacial score (nSPS) is 14.2. The molecule has 1 fully saturated rings. The highest BCUT2D eigenvalue weighted by Gasteiger charge is 2.23. The van der Waals surface area contributed by atoms with Gasteiger partial charge in [0.15, 0.2) is 5.96 Å². The molecule has 0 aliphatic carbocycles. The Bertz CT molecular complexity index is 649. The molecule has 0 aromatic heterocycles. The second-order valence-corrected chi connectivity index (χ2v) is 6.02. The Kier molecular flexibility index (Phi) is 10.8. The number of nitrogens with one attached hydrogen (secondary N) is 1. The number of hydrogen-bond donors (Lipinski definition) is 1. The van der Waals surface area contributed by atoms with Crippen LogP contribution < -0.4 is 14.8 Å². The molecule has 158 valence electrons. The largest absolute Gasteiger partial charge is 0.497 e. The zero-order chi connectivity index (χ0) is 19.6. The van der Waals surface area contributed by atoms with Gasteiger partial charge in [-0.15, -0.1) is 24.0 Å². The molecule has 0 bridgehead atoms. The zero-order valence-corrected chi connectivity index (χ0v) is 19.4. The number of halogens is 1. The molecule has 1 aromatic carbocycles. The lowest BCUT2D eigenvalue weighted by molar-refractivity contribution is 0.0914. The van der Waals surface area contributed by atoms with E-state index >= 15 is 0 Å². The molecular formula is C19H31IN4O4. The van der Waals surface area contributed by atoms with Crippen molar-refractivity contribution in [1.82, 2.24) is 15.1 Å². The first-order chi connectivity index (χ1) is 13.1. The molecule has 1 amide bonds. The van der Waals surface area contributed by atoms with E-state index in [0.717, 1.165) is 29.6 Å². The number of methoxy groups -OCH3 is 2. The Labute approximate surface area is 184 Å². The molecule has 9 heteroatoms. The van der Waals surface area contributed by atoms with Crippen LogP contribution in [0.25, 0.3) is 0 Å². The fourth-order valence-corrected chi connectivity index (χ4v) is 2.88. The average Bonchev–Trinajstić information content (AvgIpc) is 2.71. The van der Waals surface area contributed by atoms with Gasteiger partial charge in [0.1, 0.15) is 11.5 Å². The third-order valence-electron chi connectivity index (χ3n) is 4.33. The molecule has 2 rings (SSSR count). The molecule has 1 aromatic rings. The number of aliphatic imine (C=N–C) groups is 1. The molecule has 28 heavy (non-hydrogen) atoms. The molecule has 1 saturated heterocycles. The topological polar surface area (TPSA) is 75.6 Å². The molecule has 0 unspecified atom stereocenters. The third-order valence-corrected chi connectivity index (χ3v) is 4.33. The van der Waals surface area contributed by atoms with Crippen molar-refractivity contribution in [3.63, 3.8) is 0 Å². The molecule has 1 aliphatic rings. The third kappa shape index (κ3) is 6.61. The highest BCUT2D eigenvalue weighted by atomic mass is 127. The van der Waals surface area contributed by atoms with Gasteiger partial charge in [-0.2, -0.15) is 0 Å². The highest BCUT2D eigenvalue weighted by Crippen LogP contribution is 2.25. The van der Waals surface area contributed by atoms with Crippen molar-refractivity contribution in [2.75, 3.05) is 53.6 Å². The maximum Gasteiger partial charge on any atom is 0.409 e. The van der Waals surface area contributed by atoms with Gasteiger partial charge < -0.3 is 29.3 Å². The lowest BCUT2D eigenvalue weighted by atomic mass is 10.2. The van der Waals surface area contributed by atoms with Crippen molar-refractivity contribution in [3.05, 3.63) is 23.8 Å². The number of carbonyl (C=O) groups is 1. The van der Waals surface area contributed by atoms with Gasteiger partial charge >= 0.3 is 6.09 Å². The van der Waals surface area contributed by atoms with Crippen LogP contribution >= 0.6 is 24.0 Å². The minimum Gasteiger partial charge on any atom is -0.497 e. The number of rotatable bonds is 6. The number of piperazine rings is 1. The van der Waals surface area contributed by atoms with Crippen LogP contribution in [-0.2, 0) is 11.3 Å². The zero-order valence-electron chi connectivity index (χ0n) is 17.1. The van der Waals surface area contributed by atoms with E-state index in [1.54, 1.807) is 19.1 Å². The standard InChI is InChI=1S/C19H30N4O4.HI/c1-5-20-18(22-9-11-23(12-10-22)19(24)27-6-2)21-14-15-7-8-16(25-3)13-17(15)26-4;/h7-8,13H,5-6,9-12,14H2,1-4H3,(H,20,21);1H. The maximum absolute atomic E-state index is 11.8. The summed E-state index contributed by atoms with van der Waals surface area (Å²) in [7, 11) is 3.27. The second-order valence-electron chi connectivity index (χ2n) is 6.02. The van der Waals surface area contributed by atoms with Gasteiger partial charge in [0.05, 0.1) is 27.4 Å². The predicted octanol–water partition coefficient (Wildman–Crippen LogP) is 2.56. The fourth-order valence-electron chi connectivity index (χ4n) is 2.88. The minimum absolute atomic E-state index is 0. The van der Waals surface area contributed by atoms with E-state index in [-0.39, 0.29) is 30.1 Å². The quantitative estimate of drug-likeness (QED) is 0.363. The summed E-state index contributed by atoms with van der Waals surface area (Å²) >= 11 is 0. The summed E-state index contributed by atoms with van der Waals surface area (Å²) in [6.45, 7) is 8.19. The molecule has 1 N–H and O–H groups in total. The monoisotopic (exact) mass is 506 g/mol. The summed E-state index contributed by atoms with van der Waals surface area (Å²) in [5, 5.41) is 3.33. The summed E-state index contributed by atoms with van der Waals surface area (Å²) in [4.78, 5) is 20.5. The van der Waals surface area contributed by atoms with E-state index in [1.165, 1.54) is 0 Å². The van der Waals surface area contributed by atoms with Crippen LogP contribution in [0.4, 0.5) is 4.79 Å². The first-order valence-corrected chi connectivity index (χ1v) is 9.28. The Morgan fingerprint density at radius 3 is 2.36 bits per heavy atom. The van der Waals surface area contributed by atoms with Gasteiger partial charge in [0.25, 0.3) is 0 Å². The van der Waals surface area contributed by atoms with Crippen LogP contribution in [0.3, 0.4) is 0 Å². The van der Waals surface area contributed by atoms with Crippen LogP contribution in [0.1, 0.15) is 19.4 Å². The lowest BCUT2D eigenvalue weighted by Crippen LogP contribution is -2.53. The Morgan fingerprint density at radius 1 is 1.11 bits per heavy atom. The number of benzene rings is 1. The Morgan fingerprint density at radius 2 is 1.79 bits per heavy atom. The van der Waals surface area contributed by atoms with Crippen molar-refractivity contribution in [3.8, 4) is 11.5 Å². The smallest absolute Gasteiger partial charge is 0.409 e.